The fourth-order valence-corrected chi connectivity index (χ4v) is 10.7. The Morgan fingerprint density at radius 1 is 0.674 bits per heavy atom. The third-order valence-corrected chi connectivity index (χ3v) is 14.2. The smallest absolute Gasteiger partial charge is 0.223 e. The second-order valence-corrected chi connectivity index (χ2v) is 17.3. The van der Waals surface area contributed by atoms with Gasteiger partial charge in [0.2, 0.25) is 0 Å². The Hall–Kier alpha value is -2.61. The summed E-state index contributed by atoms with van der Waals surface area (Å²) in [4.78, 5) is 0.235. The van der Waals surface area contributed by atoms with Gasteiger partial charge in [0.15, 0.2) is 19.7 Å². The van der Waals surface area contributed by atoms with E-state index in [2.05, 4.69) is 5.43 Å². The number of nitrogens with zero attached hydrogens (tertiary/aromatic N) is 2. The van der Waals surface area contributed by atoms with Gasteiger partial charge in [-0.05, 0) is 82.9 Å². The lowest BCUT2D eigenvalue weighted by atomic mass is 9.96. The lowest BCUT2D eigenvalue weighted by molar-refractivity contribution is 0.00476. The molecule has 1 fully saturated rings. The minimum Gasteiger partial charge on any atom is -0.223 e. The highest BCUT2D eigenvalue weighted by Crippen LogP contribution is 2.34. The maximum atomic E-state index is 14.2. The number of hydrazine groups is 2. The van der Waals surface area contributed by atoms with Crippen molar-refractivity contribution in [2.75, 3.05) is 13.1 Å². The topological polar surface area (TPSA) is 121 Å². The fourth-order valence-electron chi connectivity index (χ4n) is 5.46. The molecule has 0 bridgehead atoms. The molecule has 0 radical (unpaired) electrons. The van der Waals surface area contributed by atoms with Gasteiger partial charge < -0.3 is 0 Å². The van der Waals surface area contributed by atoms with E-state index < -0.39 is 46.2 Å². The molecular formula is C31H41N3O6S3. The van der Waals surface area contributed by atoms with Crippen LogP contribution >= 0.6 is 0 Å². The highest BCUT2D eigenvalue weighted by molar-refractivity contribution is 7.92. The summed E-state index contributed by atoms with van der Waals surface area (Å²) in [5, 5.41) is -1.01. The first-order chi connectivity index (χ1) is 20.2. The second kappa shape index (κ2) is 13.2. The van der Waals surface area contributed by atoms with Crippen molar-refractivity contribution in [2.45, 2.75) is 79.2 Å². The summed E-state index contributed by atoms with van der Waals surface area (Å²) >= 11 is 0. The van der Waals surface area contributed by atoms with Crippen molar-refractivity contribution < 1.29 is 25.3 Å². The van der Waals surface area contributed by atoms with Gasteiger partial charge in [-0.25, -0.2) is 30.7 Å². The highest BCUT2D eigenvalue weighted by Gasteiger charge is 2.43. The molecule has 12 heteroatoms. The summed E-state index contributed by atoms with van der Waals surface area (Å²) in [7, 11) is -12.2. The first kappa shape index (κ1) is 33.3. The third-order valence-electron chi connectivity index (χ3n) is 8.10. The largest absolute Gasteiger partial charge is 0.257 e. The Morgan fingerprint density at radius 2 is 1.12 bits per heavy atom. The average molecular weight is 648 g/mol. The molecule has 234 valence electrons. The van der Waals surface area contributed by atoms with E-state index in [-0.39, 0.29) is 40.6 Å². The molecule has 43 heavy (non-hydrogen) atoms. The SMILES string of the molecule is CCC1CC(S(=O)(=O)c2ccc(C)cc2)NN(CC)N(S(=O)(=O)c2ccc(C)cc2)CCC1S(=O)(=O)c1ccc(C)cc1. The summed E-state index contributed by atoms with van der Waals surface area (Å²) < 4.78 is 85.8. The molecule has 0 spiro atoms. The van der Waals surface area contributed by atoms with Crippen molar-refractivity contribution in [1.29, 1.82) is 0 Å². The molecule has 0 amide bonds. The monoisotopic (exact) mass is 647 g/mol. The average Bonchev–Trinajstić information content (AvgIpc) is 3.05. The van der Waals surface area contributed by atoms with Gasteiger partial charge >= 0.3 is 0 Å². The van der Waals surface area contributed by atoms with E-state index in [4.69, 9.17) is 0 Å². The summed E-state index contributed by atoms with van der Waals surface area (Å²) in [6.07, 6.45) is 0.334. The second-order valence-electron chi connectivity index (χ2n) is 11.1. The van der Waals surface area contributed by atoms with Crippen LogP contribution < -0.4 is 5.43 Å². The van der Waals surface area contributed by atoms with Crippen molar-refractivity contribution >= 4 is 29.7 Å². The van der Waals surface area contributed by atoms with Crippen molar-refractivity contribution in [1.82, 2.24) is 15.0 Å². The van der Waals surface area contributed by atoms with Crippen molar-refractivity contribution in [3.8, 4) is 0 Å². The highest BCUT2D eigenvalue weighted by atomic mass is 32.2. The summed E-state index contributed by atoms with van der Waals surface area (Å²) in [6.45, 7) is 9.07. The van der Waals surface area contributed by atoms with Crippen LogP contribution in [-0.2, 0) is 29.7 Å². The third kappa shape index (κ3) is 7.05. The van der Waals surface area contributed by atoms with Crippen LogP contribution in [0.4, 0.5) is 0 Å². The molecule has 1 aliphatic heterocycles. The van der Waals surface area contributed by atoms with Crippen LogP contribution in [0, 0.1) is 26.7 Å². The first-order valence-corrected chi connectivity index (χ1v) is 19.0. The molecule has 0 saturated carbocycles. The van der Waals surface area contributed by atoms with Crippen LogP contribution in [0.5, 0.6) is 0 Å². The summed E-state index contributed by atoms with van der Waals surface area (Å²) in [5.74, 6) is -0.579. The van der Waals surface area contributed by atoms with E-state index in [1.165, 1.54) is 29.4 Å². The predicted octanol–water partition coefficient (Wildman–Crippen LogP) is 4.81. The number of sulfonamides is 1. The number of nitrogens with one attached hydrogen (secondary N) is 1. The van der Waals surface area contributed by atoms with Crippen molar-refractivity contribution in [3.05, 3.63) is 89.5 Å². The van der Waals surface area contributed by atoms with Crippen LogP contribution in [0.2, 0.25) is 0 Å². The molecule has 3 atom stereocenters. The minimum atomic E-state index is -4.19. The quantitative estimate of drug-likeness (QED) is 0.370. The number of aryl methyl sites for hydroxylation is 3. The zero-order chi connectivity index (χ0) is 31.6. The number of rotatable bonds is 8. The molecule has 1 heterocycles. The lowest BCUT2D eigenvalue weighted by Gasteiger charge is -2.35. The van der Waals surface area contributed by atoms with Gasteiger partial charge in [-0.2, -0.15) is 5.12 Å². The van der Waals surface area contributed by atoms with E-state index >= 15 is 0 Å². The van der Waals surface area contributed by atoms with E-state index in [1.807, 2.05) is 27.7 Å². The molecule has 4 rings (SSSR count). The van der Waals surface area contributed by atoms with Crippen LogP contribution in [0.25, 0.3) is 0 Å². The maximum Gasteiger partial charge on any atom is 0.257 e. The van der Waals surface area contributed by atoms with Crippen LogP contribution in [0.15, 0.2) is 87.5 Å². The summed E-state index contributed by atoms with van der Waals surface area (Å²) in [5.41, 5.74) is 5.70. The Labute approximate surface area is 256 Å². The molecule has 1 saturated heterocycles. The Balaban J connectivity index is 1.88. The van der Waals surface area contributed by atoms with E-state index in [0.717, 1.165) is 21.1 Å². The van der Waals surface area contributed by atoms with Crippen LogP contribution in [0.3, 0.4) is 0 Å². The van der Waals surface area contributed by atoms with Gasteiger partial charge in [0, 0.05) is 13.1 Å². The van der Waals surface area contributed by atoms with E-state index in [1.54, 1.807) is 55.5 Å². The number of sulfone groups is 2. The minimum absolute atomic E-state index is 0.0186. The molecule has 1 aliphatic rings. The molecule has 0 aliphatic carbocycles. The van der Waals surface area contributed by atoms with Gasteiger partial charge in [-0.3, -0.25) is 0 Å². The Morgan fingerprint density at radius 3 is 1.56 bits per heavy atom. The van der Waals surface area contributed by atoms with Gasteiger partial charge in [-0.15, -0.1) is 4.41 Å². The first-order valence-electron chi connectivity index (χ1n) is 14.5. The zero-order valence-corrected chi connectivity index (χ0v) is 27.7. The zero-order valence-electron chi connectivity index (χ0n) is 25.3. The van der Waals surface area contributed by atoms with Gasteiger partial charge in [-0.1, -0.05) is 66.4 Å². The van der Waals surface area contributed by atoms with E-state index in [9.17, 15) is 25.3 Å². The van der Waals surface area contributed by atoms with Gasteiger partial charge in [0.1, 0.15) is 5.37 Å². The fraction of sp³-hybridized carbons (Fsp3) is 0.419. The Bertz CT molecular complexity index is 1630. The van der Waals surface area contributed by atoms with Crippen LogP contribution in [-0.4, -0.2) is 58.5 Å². The van der Waals surface area contributed by atoms with Gasteiger partial charge in [0.05, 0.1) is 19.9 Å². The molecule has 3 aromatic carbocycles. The number of hydrogen-bond acceptors (Lipinski definition) is 8. The normalized spacial score (nSPS) is 21.6. The molecule has 1 N–H and O–H groups in total. The molecule has 0 aromatic heterocycles. The van der Waals surface area contributed by atoms with Gasteiger partial charge in [0.25, 0.3) is 10.0 Å². The number of hydrogen-bond donors (Lipinski definition) is 1. The predicted molar refractivity (Wildman–Crippen MR) is 168 cm³/mol. The molecule has 9 nitrogen and oxygen atoms in total. The molecular weight excluding hydrogens is 607 g/mol. The number of benzene rings is 3. The summed E-state index contributed by atoms with van der Waals surface area (Å²) in [6, 6.07) is 19.4. The van der Waals surface area contributed by atoms with E-state index in [0.29, 0.717) is 6.42 Å². The maximum absolute atomic E-state index is 14.2. The van der Waals surface area contributed by atoms with Crippen molar-refractivity contribution in [3.63, 3.8) is 0 Å². The lowest BCUT2D eigenvalue weighted by Crippen LogP contribution is -2.57. The molecule has 3 aromatic rings. The van der Waals surface area contributed by atoms with Crippen LogP contribution in [0.1, 0.15) is 49.8 Å². The van der Waals surface area contributed by atoms with Crippen molar-refractivity contribution in [2.24, 2.45) is 5.92 Å². The Kier molecular flexibility index (Phi) is 10.2. The molecule has 3 unspecified atom stereocenters. The standard InChI is InChI=1S/C31H41N3O6S3/c1-6-26-22-31(42(37,38)28-16-10-24(4)11-17-28)32-33(7-2)34(43(39,40)29-18-12-25(5)13-19-29)21-20-30(26)41(35,36)27-14-8-23(3)9-15-27/h8-19,26,30-32H,6-7,20-22H2,1-5H3.